The Labute approximate surface area is 127 Å². The minimum atomic E-state index is -0.0763. The Bertz CT molecular complexity index is 487. The summed E-state index contributed by atoms with van der Waals surface area (Å²) in [5, 5.41) is 3.45. The van der Waals surface area contributed by atoms with Gasteiger partial charge in [0.25, 0.3) is 0 Å². The lowest BCUT2D eigenvalue weighted by Crippen LogP contribution is -2.51. The maximum Gasteiger partial charge on any atom is 0.129 e. The van der Waals surface area contributed by atoms with Crippen LogP contribution in [0.25, 0.3) is 0 Å². The number of nitrogens with zero attached hydrogens (tertiary/aromatic N) is 2. The van der Waals surface area contributed by atoms with Gasteiger partial charge in [0.2, 0.25) is 0 Å². The van der Waals surface area contributed by atoms with Gasteiger partial charge in [0.15, 0.2) is 0 Å². The first kappa shape index (κ1) is 14.8. The summed E-state index contributed by atoms with van der Waals surface area (Å²) < 4.78 is 14.3. The predicted octanol–water partition coefficient (Wildman–Crippen LogP) is 2.61. The molecule has 1 saturated heterocycles. The number of likely N-dealkylation sites (N-methyl/N-ethyl adjacent to an activating group) is 1. The summed E-state index contributed by atoms with van der Waals surface area (Å²) in [5.74, 6) is -0.0763. The maximum absolute atomic E-state index is 14.3. The van der Waals surface area contributed by atoms with Crippen LogP contribution in [-0.4, -0.2) is 43.7 Å². The van der Waals surface area contributed by atoms with Gasteiger partial charge in [-0.2, -0.15) is 0 Å². The van der Waals surface area contributed by atoms with E-state index in [9.17, 15) is 4.39 Å². The molecule has 4 heteroatoms. The molecule has 3 rings (SSSR count). The van der Waals surface area contributed by atoms with E-state index in [1.54, 1.807) is 6.07 Å². The van der Waals surface area contributed by atoms with Crippen molar-refractivity contribution in [3.05, 3.63) is 29.6 Å². The highest BCUT2D eigenvalue weighted by Crippen LogP contribution is 2.27. The summed E-state index contributed by atoms with van der Waals surface area (Å²) >= 11 is 0. The number of piperazine rings is 1. The van der Waals surface area contributed by atoms with E-state index >= 15 is 0 Å². The number of anilines is 1. The largest absolute Gasteiger partial charge is 0.368 e. The van der Waals surface area contributed by atoms with Gasteiger partial charge in [-0.3, -0.25) is 4.90 Å². The Balaban J connectivity index is 1.78. The van der Waals surface area contributed by atoms with Gasteiger partial charge in [0, 0.05) is 49.5 Å². The summed E-state index contributed by atoms with van der Waals surface area (Å²) in [6.45, 7) is 5.89. The maximum atomic E-state index is 14.3. The zero-order chi connectivity index (χ0) is 14.8. The number of nitrogens with one attached hydrogen (secondary N) is 1. The summed E-state index contributed by atoms with van der Waals surface area (Å²) in [4.78, 5) is 4.78. The summed E-state index contributed by atoms with van der Waals surface area (Å²) in [6, 6.07) is 6.66. The average Bonchev–Trinajstić information content (AvgIpc) is 3.30. The van der Waals surface area contributed by atoms with Gasteiger partial charge in [-0.05, 0) is 38.4 Å². The Morgan fingerprint density at radius 3 is 2.81 bits per heavy atom. The minimum Gasteiger partial charge on any atom is -0.368 e. The van der Waals surface area contributed by atoms with E-state index in [-0.39, 0.29) is 5.82 Å². The number of hydrogen-bond donors (Lipinski definition) is 1. The number of hydrogen-bond acceptors (Lipinski definition) is 3. The summed E-state index contributed by atoms with van der Waals surface area (Å²) in [5.41, 5.74) is 1.92. The van der Waals surface area contributed by atoms with Crippen molar-refractivity contribution in [3.63, 3.8) is 0 Å². The molecule has 3 nitrogen and oxygen atoms in total. The van der Waals surface area contributed by atoms with Crippen LogP contribution in [0.2, 0.25) is 0 Å². The fourth-order valence-electron chi connectivity index (χ4n) is 3.16. The number of rotatable bonds is 5. The third-order valence-corrected chi connectivity index (χ3v) is 4.83. The second-order valence-corrected chi connectivity index (χ2v) is 6.38. The average molecular weight is 291 g/mol. The van der Waals surface area contributed by atoms with Crippen LogP contribution in [0.1, 0.15) is 31.7 Å². The molecule has 0 bridgehead atoms. The third-order valence-electron chi connectivity index (χ3n) is 4.83. The smallest absolute Gasteiger partial charge is 0.129 e. The monoisotopic (exact) mass is 291 g/mol. The lowest BCUT2D eigenvalue weighted by Gasteiger charge is -2.41. The van der Waals surface area contributed by atoms with Gasteiger partial charge in [-0.1, -0.05) is 13.0 Å². The first-order valence-electron chi connectivity index (χ1n) is 8.15. The zero-order valence-electron chi connectivity index (χ0n) is 13.1. The Kier molecular flexibility index (Phi) is 4.45. The lowest BCUT2D eigenvalue weighted by molar-refractivity contribution is 0.213. The molecule has 0 aromatic heterocycles. The first-order valence-corrected chi connectivity index (χ1v) is 8.15. The summed E-state index contributed by atoms with van der Waals surface area (Å²) in [6.07, 6.45) is 3.60. The molecule has 1 aromatic carbocycles. The molecule has 1 N–H and O–H groups in total. The molecule has 21 heavy (non-hydrogen) atoms. The van der Waals surface area contributed by atoms with Gasteiger partial charge >= 0.3 is 0 Å². The van der Waals surface area contributed by atoms with E-state index in [4.69, 9.17) is 0 Å². The Morgan fingerprint density at radius 1 is 1.29 bits per heavy atom. The number of halogens is 1. The molecule has 2 aliphatic rings. The van der Waals surface area contributed by atoms with Gasteiger partial charge in [0.1, 0.15) is 5.82 Å². The quantitative estimate of drug-likeness (QED) is 0.899. The van der Waals surface area contributed by atoms with Crippen LogP contribution in [0.5, 0.6) is 0 Å². The molecule has 2 fully saturated rings. The standard InChI is InChI=1S/C17H26FN3/c1-3-14-12-21(10-9-20(14)2)17-6-4-5-16(18)15(17)11-19-13-7-8-13/h4-6,13-14,19H,3,7-12H2,1-2H3. The number of benzene rings is 1. The van der Waals surface area contributed by atoms with Crippen LogP contribution in [0.3, 0.4) is 0 Å². The van der Waals surface area contributed by atoms with Crippen molar-refractivity contribution >= 4 is 5.69 Å². The Morgan fingerprint density at radius 2 is 2.10 bits per heavy atom. The molecular weight excluding hydrogens is 265 g/mol. The fraction of sp³-hybridized carbons (Fsp3) is 0.647. The zero-order valence-corrected chi connectivity index (χ0v) is 13.1. The van der Waals surface area contributed by atoms with Crippen LogP contribution in [0.15, 0.2) is 18.2 Å². The van der Waals surface area contributed by atoms with E-state index in [0.717, 1.165) is 37.3 Å². The molecule has 0 spiro atoms. The SMILES string of the molecule is CCC1CN(c2cccc(F)c2CNC2CC2)CCN1C. The van der Waals surface area contributed by atoms with E-state index < -0.39 is 0 Å². The highest BCUT2D eigenvalue weighted by Gasteiger charge is 2.26. The van der Waals surface area contributed by atoms with Crippen LogP contribution in [0, 0.1) is 5.82 Å². The predicted molar refractivity (Wildman–Crippen MR) is 85.2 cm³/mol. The molecule has 1 aromatic rings. The molecule has 1 aliphatic heterocycles. The van der Waals surface area contributed by atoms with Crippen LogP contribution in [0.4, 0.5) is 10.1 Å². The van der Waals surface area contributed by atoms with Crippen molar-refractivity contribution in [3.8, 4) is 0 Å². The van der Waals surface area contributed by atoms with Crippen LogP contribution >= 0.6 is 0 Å². The topological polar surface area (TPSA) is 18.5 Å². The van der Waals surface area contributed by atoms with Crippen molar-refractivity contribution in [2.75, 3.05) is 31.6 Å². The van der Waals surface area contributed by atoms with Gasteiger partial charge < -0.3 is 10.2 Å². The van der Waals surface area contributed by atoms with Gasteiger partial charge in [0.05, 0.1) is 0 Å². The van der Waals surface area contributed by atoms with Crippen molar-refractivity contribution in [1.29, 1.82) is 0 Å². The third kappa shape index (κ3) is 3.38. The van der Waals surface area contributed by atoms with Crippen molar-refractivity contribution in [2.45, 2.75) is 44.8 Å². The second-order valence-electron chi connectivity index (χ2n) is 6.38. The van der Waals surface area contributed by atoms with E-state index in [2.05, 4.69) is 35.2 Å². The second kappa shape index (κ2) is 6.32. The normalized spacial score (nSPS) is 23.6. The molecule has 1 saturated carbocycles. The minimum absolute atomic E-state index is 0.0763. The van der Waals surface area contributed by atoms with E-state index in [1.807, 2.05) is 6.07 Å². The van der Waals surface area contributed by atoms with Crippen molar-refractivity contribution in [2.24, 2.45) is 0 Å². The highest BCUT2D eigenvalue weighted by atomic mass is 19.1. The van der Waals surface area contributed by atoms with Crippen molar-refractivity contribution in [1.82, 2.24) is 10.2 Å². The molecule has 1 atom stereocenters. The molecule has 116 valence electrons. The van der Waals surface area contributed by atoms with Gasteiger partial charge in [-0.15, -0.1) is 0 Å². The van der Waals surface area contributed by atoms with Crippen molar-refractivity contribution < 1.29 is 4.39 Å². The molecule has 0 amide bonds. The highest BCUT2D eigenvalue weighted by molar-refractivity contribution is 5.55. The summed E-state index contributed by atoms with van der Waals surface area (Å²) in [7, 11) is 2.19. The first-order chi connectivity index (χ1) is 10.2. The molecule has 1 aliphatic carbocycles. The lowest BCUT2D eigenvalue weighted by atomic mass is 10.1. The molecular formula is C17H26FN3. The van der Waals surface area contributed by atoms with E-state index in [1.165, 1.54) is 12.8 Å². The molecule has 0 radical (unpaired) electrons. The molecule has 1 heterocycles. The van der Waals surface area contributed by atoms with Gasteiger partial charge in [-0.25, -0.2) is 4.39 Å². The molecule has 1 unspecified atom stereocenters. The fourth-order valence-corrected chi connectivity index (χ4v) is 3.16. The van der Waals surface area contributed by atoms with E-state index in [0.29, 0.717) is 18.6 Å². The van der Waals surface area contributed by atoms with Crippen LogP contribution in [-0.2, 0) is 6.54 Å². The van der Waals surface area contributed by atoms with Crippen LogP contribution < -0.4 is 10.2 Å². The Hall–Kier alpha value is -1.13.